The summed E-state index contributed by atoms with van der Waals surface area (Å²) in [5.41, 5.74) is 8.01. The number of aryl methyl sites for hydroxylation is 1. The highest BCUT2D eigenvalue weighted by Gasteiger charge is 2.15. The molecule has 0 atom stereocenters. The number of amides is 1. The first-order valence-corrected chi connectivity index (χ1v) is 7.67. The van der Waals surface area contributed by atoms with E-state index in [1.54, 1.807) is 0 Å². The van der Waals surface area contributed by atoms with E-state index in [1.165, 1.54) is 6.07 Å². The summed E-state index contributed by atoms with van der Waals surface area (Å²) in [6, 6.07) is 12.8. The van der Waals surface area contributed by atoms with E-state index in [2.05, 4.69) is 10.3 Å². The summed E-state index contributed by atoms with van der Waals surface area (Å²) in [6.07, 6.45) is 0. The third kappa shape index (κ3) is 4.22. The maximum Gasteiger partial charge on any atom is 0.289 e. The monoisotopic (exact) mass is 324 g/mol. The summed E-state index contributed by atoms with van der Waals surface area (Å²) >= 11 is 1.16. The molecule has 1 aromatic carbocycles. The molecule has 7 heteroatoms. The second kappa shape index (κ2) is 7.30. The van der Waals surface area contributed by atoms with Gasteiger partial charge in [0.15, 0.2) is 5.03 Å². The van der Waals surface area contributed by atoms with E-state index in [1.807, 2.05) is 43.3 Å². The number of carbonyl (C=O) groups excluding carboxylic acids is 1. The molecule has 23 heavy (non-hydrogen) atoms. The zero-order valence-electron chi connectivity index (χ0n) is 12.4. The van der Waals surface area contributed by atoms with Crippen molar-refractivity contribution in [1.82, 2.24) is 0 Å². The van der Waals surface area contributed by atoms with E-state index in [-0.39, 0.29) is 28.6 Å². The Bertz CT molecular complexity index is 818. The van der Waals surface area contributed by atoms with Crippen molar-refractivity contribution >= 4 is 29.2 Å². The van der Waals surface area contributed by atoms with Gasteiger partial charge in [0.05, 0.1) is 5.75 Å². The molecule has 0 radical (unpaired) electrons. The van der Waals surface area contributed by atoms with Gasteiger partial charge in [0.2, 0.25) is 5.91 Å². The summed E-state index contributed by atoms with van der Waals surface area (Å²) < 4.78 is 0. The highest BCUT2D eigenvalue weighted by molar-refractivity contribution is 7.99. The number of anilines is 2. The molecule has 6 nitrogen and oxygen atoms in total. The average Bonchev–Trinajstić information content (AvgIpc) is 2.55. The predicted octanol–water partition coefficient (Wildman–Crippen LogP) is 1.87. The first-order valence-electron chi connectivity index (χ1n) is 6.69. The average molecular weight is 324 g/mol. The Morgan fingerprint density at radius 1 is 1.26 bits per heavy atom. The molecule has 4 N–H and O–H groups in total. The van der Waals surface area contributed by atoms with Crippen molar-refractivity contribution in [1.29, 1.82) is 10.5 Å². The number of carbonyl (C=O) groups is 1. The Morgan fingerprint density at radius 3 is 2.52 bits per heavy atom. The molecule has 2 rings (SSSR count). The van der Waals surface area contributed by atoms with Gasteiger partial charge < -0.3 is 5.32 Å². The molecule has 0 unspecified atom stereocenters. The summed E-state index contributed by atoms with van der Waals surface area (Å²) in [7, 11) is 0. The number of hydrogen-bond acceptors (Lipinski definition) is 5. The van der Waals surface area contributed by atoms with E-state index in [4.69, 9.17) is 16.3 Å². The molecule has 0 spiro atoms. The molecule has 0 bridgehead atoms. The third-order valence-corrected chi connectivity index (χ3v) is 4.01. The molecule has 0 fully saturated rings. The molecule has 0 aliphatic carbocycles. The van der Waals surface area contributed by atoms with Crippen LogP contribution >= 0.6 is 11.8 Å². The van der Waals surface area contributed by atoms with E-state index < -0.39 is 0 Å². The molecule has 2 aromatic rings. The fraction of sp³-hybridized carbons (Fsp3) is 0.125. The maximum absolute atomic E-state index is 12.0. The number of nitriles is 2. The van der Waals surface area contributed by atoms with Crippen LogP contribution in [0.15, 0.2) is 35.4 Å². The van der Waals surface area contributed by atoms with Crippen LogP contribution in [0.4, 0.5) is 11.5 Å². The van der Waals surface area contributed by atoms with E-state index in [9.17, 15) is 4.79 Å². The quantitative estimate of drug-likeness (QED) is 0.833. The molecule has 114 valence electrons. The van der Waals surface area contributed by atoms with Crippen LogP contribution in [0.1, 0.15) is 16.7 Å². The van der Waals surface area contributed by atoms with Gasteiger partial charge in [-0.25, -0.2) is 4.98 Å². The lowest BCUT2D eigenvalue weighted by Gasteiger charge is -2.05. The maximum atomic E-state index is 12.0. The van der Waals surface area contributed by atoms with E-state index in [0.29, 0.717) is 10.7 Å². The smallest absolute Gasteiger partial charge is 0.289 e. The summed E-state index contributed by atoms with van der Waals surface area (Å²) in [4.78, 5) is 14.8. The second-order valence-electron chi connectivity index (χ2n) is 4.77. The predicted molar refractivity (Wildman–Crippen MR) is 87.4 cm³/mol. The number of aromatic amines is 1. The number of aromatic nitrogens is 1. The van der Waals surface area contributed by atoms with Gasteiger partial charge in [-0.05, 0) is 25.1 Å². The van der Waals surface area contributed by atoms with Crippen LogP contribution in [0.3, 0.4) is 0 Å². The van der Waals surface area contributed by atoms with Crippen LogP contribution in [0, 0.1) is 29.6 Å². The highest BCUT2D eigenvalue weighted by Crippen LogP contribution is 2.20. The lowest BCUT2D eigenvalue weighted by atomic mass is 10.2. The van der Waals surface area contributed by atoms with Crippen LogP contribution in [0.5, 0.6) is 0 Å². The largest absolute Gasteiger partial charge is 0.325 e. The Balaban J connectivity index is 2.04. The van der Waals surface area contributed by atoms with E-state index in [0.717, 1.165) is 17.3 Å². The zero-order valence-corrected chi connectivity index (χ0v) is 13.2. The van der Waals surface area contributed by atoms with Crippen molar-refractivity contribution in [2.75, 3.05) is 16.8 Å². The van der Waals surface area contributed by atoms with Crippen LogP contribution in [-0.4, -0.2) is 11.7 Å². The Morgan fingerprint density at radius 2 is 1.91 bits per heavy atom. The molecule has 0 saturated heterocycles. The van der Waals surface area contributed by atoms with Crippen LogP contribution < -0.4 is 16.0 Å². The Labute approximate surface area is 137 Å². The molecule has 0 aliphatic rings. The lowest BCUT2D eigenvalue weighted by molar-refractivity contribution is -0.410. The van der Waals surface area contributed by atoms with Gasteiger partial charge in [0, 0.05) is 5.69 Å². The number of benzene rings is 1. The van der Waals surface area contributed by atoms with Crippen molar-refractivity contribution in [3.05, 3.63) is 47.0 Å². The van der Waals surface area contributed by atoms with Crippen molar-refractivity contribution in [3.63, 3.8) is 0 Å². The van der Waals surface area contributed by atoms with Gasteiger partial charge in [0.25, 0.3) is 5.82 Å². The lowest BCUT2D eigenvalue weighted by Crippen LogP contribution is -2.19. The first kappa shape index (κ1) is 16.3. The number of nitrogens with two attached hydrogens (primary N) is 1. The number of thioether (sulfide) groups is 1. The molecule has 1 amide bonds. The van der Waals surface area contributed by atoms with Crippen LogP contribution in [0.25, 0.3) is 0 Å². The number of pyridine rings is 1. The van der Waals surface area contributed by atoms with Crippen molar-refractivity contribution in [2.24, 2.45) is 0 Å². The van der Waals surface area contributed by atoms with Gasteiger partial charge in [-0.1, -0.05) is 29.5 Å². The first-order chi connectivity index (χ1) is 11.0. The Kier molecular flexibility index (Phi) is 5.19. The minimum atomic E-state index is -0.195. The standard InChI is InChI=1S/C16H13N5OS/c1-10-2-4-13(5-3-10)20-14(22)9-23-16-12(8-18)6-11(7-17)15(19)21-16/h2-6H,9H2,1H3,(H2,19,21)(H,20,22)/p+1. The number of nitrogen functional groups attached to an aromatic ring is 1. The molecule has 0 saturated carbocycles. The van der Waals surface area contributed by atoms with E-state index >= 15 is 0 Å². The number of H-pyrrole nitrogens is 1. The normalized spacial score (nSPS) is 9.70. The molecular formula is C16H14N5OS+. The van der Waals surface area contributed by atoms with Gasteiger partial charge >= 0.3 is 0 Å². The topological polar surface area (TPSA) is 117 Å². The zero-order chi connectivity index (χ0) is 16.8. The van der Waals surface area contributed by atoms with Crippen molar-refractivity contribution < 1.29 is 9.78 Å². The molecule has 1 heterocycles. The summed E-state index contributed by atoms with van der Waals surface area (Å²) in [5.74, 6) is 0.0942. The number of nitrogens with one attached hydrogen (secondary N) is 2. The molecule has 1 aromatic heterocycles. The second-order valence-corrected chi connectivity index (χ2v) is 5.75. The van der Waals surface area contributed by atoms with Crippen LogP contribution in [-0.2, 0) is 4.79 Å². The number of nitrogens with zero attached hydrogens (tertiary/aromatic N) is 2. The van der Waals surface area contributed by atoms with Crippen molar-refractivity contribution in [2.45, 2.75) is 11.9 Å². The fourth-order valence-corrected chi connectivity index (χ4v) is 2.60. The van der Waals surface area contributed by atoms with Gasteiger partial charge in [-0.2, -0.15) is 10.5 Å². The number of rotatable bonds is 4. The summed E-state index contributed by atoms with van der Waals surface area (Å²) in [6.45, 7) is 1.97. The number of hydrogen-bond donors (Lipinski definition) is 2. The molecular weight excluding hydrogens is 310 g/mol. The molecule has 0 aliphatic heterocycles. The van der Waals surface area contributed by atoms with Crippen molar-refractivity contribution in [3.8, 4) is 12.1 Å². The Hall–Kier alpha value is -3.03. The van der Waals surface area contributed by atoms with Gasteiger partial charge in [0.1, 0.15) is 23.3 Å². The summed E-state index contributed by atoms with van der Waals surface area (Å²) in [5, 5.41) is 21.3. The minimum absolute atomic E-state index is 0.115. The highest BCUT2D eigenvalue weighted by atomic mass is 32.2. The third-order valence-electron chi connectivity index (χ3n) is 3.00. The fourth-order valence-electron chi connectivity index (χ4n) is 1.81. The SMILES string of the molecule is Cc1ccc(NC(=O)CSc2[nH+]c(N)c(C#N)cc2C#N)cc1. The van der Waals surface area contributed by atoms with Gasteiger partial charge in [-0.3, -0.25) is 10.5 Å². The minimum Gasteiger partial charge on any atom is -0.325 e. The van der Waals surface area contributed by atoms with Gasteiger partial charge in [-0.15, -0.1) is 0 Å². The van der Waals surface area contributed by atoms with Crippen LogP contribution in [0.2, 0.25) is 0 Å².